The molecular weight excluding hydrogens is 182 g/mol. The van der Waals surface area contributed by atoms with Crippen LogP contribution in [0.4, 0.5) is 0 Å². The quantitative estimate of drug-likeness (QED) is 0.727. The van der Waals surface area contributed by atoms with Gasteiger partial charge in [-0.3, -0.25) is 0 Å². The molecule has 13 heavy (non-hydrogen) atoms. The molecule has 0 saturated carbocycles. The van der Waals surface area contributed by atoms with Gasteiger partial charge >= 0.3 is 0 Å². The van der Waals surface area contributed by atoms with Crippen molar-refractivity contribution in [1.82, 2.24) is 4.98 Å². The van der Waals surface area contributed by atoms with Crippen LogP contribution in [-0.2, 0) is 0 Å². The van der Waals surface area contributed by atoms with Gasteiger partial charge in [0.1, 0.15) is 0 Å². The maximum Gasteiger partial charge on any atom is 0.273 e. The second-order valence-electron chi connectivity index (χ2n) is 1.67. The van der Waals surface area contributed by atoms with E-state index in [-0.39, 0.29) is 0 Å². The summed E-state index contributed by atoms with van der Waals surface area (Å²) in [6.07, 6.45) is 1.82. The van der Waals surface area contributed by atoms with Crippen LogP contribution in [0.2, 0.25) is 0 Å². The summed E-state index contributed by atoms with van der Waals surface area (Å²) in [5.74, 6) is 0. The van der Waals surface area contributed by atoms with Gasteiger partial charge in [0.05, 0.1) is 6.61 Å². The van der Waals surface area contributed by atoms with Gasteiger partial charge in [-0.05, 0) is 13.8 Å². The van der Waals surface area contributed by atoms with Gasteiger partial charge in [0.25, 0.3) is 5.19 Å². The number of nitrogens with zero attached hydrogens (tertiary/aromatic N) is 1. The maximum atomic E-state index is 5.13. The van der Waals surface area contributed by atoms with Crippen LogP contribution in [0.25, 0.3) is 0 Å². The number of aromatic nitrogens is 1. The summed E-state index contributed by atoms with van der Waals surface area (Å²) in [5, 5.41) is 0.773. The number of thiazole rings is 1. The molecule has 1 aromatic heterocycles. The topological polar surface area (TPSA) is 22.1 Å². The van der Waals surface area contributed by atoms with Gasteiger partial charge < -0.3 is 4.74 Å². The first-order valence-electron chi connectivity index (χ1n) is 4.88. The fourth-order valence-electron chi connectivity index (χ4n) is 0.524. The maximum absolute atomic E-state index is 5.13. The first-order valence-corrected chi connectivity index (χ1v) is 5.70. The number of ether oxygens (including phenoxy) is 1. The monoisotopic (exact) mass is 203 g/mol. The van der Waals surface area contributed by atoms with Crippen molar-refractivity contribution in [3.63, 3.8) is 0 Å². The van der Waals surface area contributed by atoms with Crippen molar-refractivity contribution in [1.29, 1.82) is 0 Å². The summed E-state index contributed by atoms with van der Waals surface area (Å²) in [6, 6.07) is 0. The molecule has 0 unspecified atom stereocenters. The smallest absolute Gasteiger partial charge is 0.273 e. The predicted octanol–water partition coefficient (Wildman–Crippen LogP) is 3.90. The van der Waals surface area contributed by atoms with E-state index in [0.717, 1.165) is 5.19 Å². The van der Waals surface area contributed by atoms with E-state index in [0.29, 0.717) is 6.61 Å². The number of aryl methyl sites for hydroxylation is 1. The molecule has 78 valence electrons. The molecule has 1 rings (SSSR count). The highest BCUT2D eigenvalue weighted by Crippen LogP contribution is 2.18. The molecule has 1 aromatic rings. The van der Waals surface area contributed by atoms with E-state index >= 15 is 0 Å². The molecule has 1 heterocycles. The van der Waals surface area contributed by atoms with Gasteiger partial charge in [-0.1, -0.05) is 39.0 Å². The van der Waals surface area contributed by atoms with Crippen LogP contribution in [0.1, 0.15) is 39.5 Å². The number of hydrogen-bond donors (Lipinski definition) is 0. The van der Waals surface area contributed by atoms with Gasteiger partial charge in [0, 0.05) is 11.1 Å². The molecule has 0 aliphatic carbocycles. The molecule has 0 radical (unpaired) electrons. The third-order valence-electron chi connectivity index (χ3n) is 0.868. The highest BCUT2D eigenvalue weighted by molar-refractivity contribution is 7.13. The molecule has 0 aliphatic rings. The lowest BCUT2D eigenvalue weighted by atomic mass is 10.7. The highest BCUT2D eigenvalue weighted by Gasteiger charge is 1.94. The van der Waals surface area contributed by atoms with Crippen LogP contribution in [0, 0.1) is 6.92 Å². The largest absolute Gasteiger partial charge is 0.470 e. The van der Waals surface area contributed by atoms with Crippen LogP contribution in [0.15, 0.2) is 6.20 Å². The molecule has 0 atom stereocenters. The lowest BCUT2D eigenvalue weighted by molar-refractivity contribution is 0.338. The first-order chi connectivity index (χ1) is 6.33. The fraction of sp³-hybridized carbons (Fsp3) is 0.700. The SMILES string of the molecule is CC.CC.CCOc1ncc(C)s1. The average Bonchev–Trinajstić information content (AvgIpc) is 2.59. The Bertz CT molecular complexity index is 187. The first kappa shape index (κ1) is 14.9. The molecule has 0 fully saturated rings. The molecule has 0 spiro atoms. The Labute approximate surface area is 86.0 Å². The molecule has 0 N–H and O–H groups in total. The van der Waals surface area contributed by atoms with Crippen molar-refractivity contribution in [3.8, 4) is 5.19 Å². The normalized spacial score (nSPS) is 7.54. The third-order valence-corrected chi connectivity index (χ3v) is 1.69. The average molecular weight is 203 g/mol. The van der Waals surface area contributed by atoms with Gasteiger partial charge in [-0.15, -0.1) is 0 Å². The lowest BCUT2D eigenvalue weighted by Crippen LogP contribution is -1.88. The van der Waals surface area contributed by atoms with Gasteiger partial charge in [0.15, 0.2) is 0 Å². The Morgan fingerprint density at radius 2 is 1.85 bits per heavy atom. The minimum atomic E-state index is 0.701. The van der Waals surface area contributed by atoms with Crippen molar-refractivity contribution in [3.05, 3.63) is 11.1 Å². The fourth-order valence-corrected chi connectivity index (χ4v) is 1.19. The molecule has 0 aliphatic heterocycles. The summed E-state index contributed by atoms with van der Waals surface area (Å²) in [5.41, 5.74) is 0. The molecule has 0 bridgehead atoms. The van der Waals surface area contributed by atoms with Crippen LogP contribution in [-0.4, -0.2) is 11.6 Å². The second-order valence-corrected chi connectivity index (χ2v) is 2.87. The Kier molecular flexibility index (Phi) is 13.1. The van der Waals surface area contributed by atoms with Crippen LogP contribution in [0.5, 0.6) is 5.19 Å². The molecule has 2 nitrogen and oxygen atoms in total. The van der Waals surface area contributed by atoms with E-state index < -0.39 is 0 Å². The Morgan fingerprint density at radius 1 is 1.31 bits per heavy atom. The molecule has 3 heteroatoms. The van der Waals surface area contributed by atoms with E-state index in [1.54, 1.807) is 11.3 Å². The summed E-state index contributed by atoms with van der Waals surface area (Å²) < 4.78 is 5.13. The minimum Gasteiger partial charge on any atom is -0.470 e. The summed E-state index contributed by atoms with van der Waals surface area (Å²) in [7, 11) is 0. The van der Waals surface area contributed by atoms with Gasteiger partial charge in [0.2, 0.25) is 0 Å². The molecule has 0 aromatic carbocycles. The third kappa shape index (κ3) is 7.78. The summed E-state index contributed by atoms with van der Waals surface area (Å²) in [6.45, 7) is 12.7. The van der Waals surface area contributed by atoms with Crippen LogP contribution < -0.4 is 4.74 Å². The molecule has 0 amide bonds. The van der Waals surface area contributed by atoms with E-state index in [1.165, 1.54) is 4.88 Å². The zero-order valence-corrected chi connectivity index (χ0v) is 10.4. The van der Waals surface area contributed by atoms with E-state index in [2.05, 4.69) is 4.98 Å². The Balaban J connectivity index is 0. The number of hydrogen-bond acceptors (Lipinski definition) is 3. The van der Waals surface area contributed by atoms with Gasteiger partial charge in [-0.2, -0.15) is 0 Å². The van der Waals surface area contributed by atoms with Crippen LogP contribution >= 0.6 is 11.3 Å². The van der Waals surface area contributed by atoms with E-state index in [1.807, 2.05) is 47.7 Å². The highest BCUT2D eigenvalue weighted by atomic mass is 32.1. The standard InChI is InChI=1S/C6H9NOS.2C2H6/c1-3-8-6-7-4-5(2)9-6;2*1-2/h4H,3H2,1-2H3;2*1-2H3. The zero-order chi connectivity index (χ0) is 10.7. The van der Waals surface area contributed by atoms with E-state index in [9.17, 15) is 0 Å². The van der Waals surface area contributed by atoms with Gasteiger partial charge in [-0.25, -0.2) is 4.98 Å². The van der Waals surface area contributed by atoms with Crippen molar-refractivity contribution < 1.29 is 4.74 Å². The van der Waals surface area contributed by atoms with Crippen molar-refractivity contribution in [2.75, 3.05) is 6.61 Å². The summed E-state index contributed by atoms with van der Waals surface area (Å²) in [4.78, 5) is 5.19. The van der Waals surface area contributed by atoms with Crippen molar-refractivity contribution in [2.45, 2.75) is 41.5 Å². The molecular formula is C10H21NOS. The Hall–Kier alpha value is -0.570. The van der Waals surface area contributed by atoms with Crippen molar-refractivity contribution in [2.24, 2.45) is 0 Å². The summed E-state index contributed by atoms with van der Waals surface area (Å²) >= 11 is 1.58. The zero-order valence-electron chi connectivity index (χ0n) is 9.55. The van der Waals surface area contributed by atoms with Crippen molar-refractivity contribution >= 4 is 11.3 Å². The van der Waals surface area contributed by atoms with E-state index in [4.69, 9.17) is 4.74 Å². The Morgan fingerprint density at radius 3 is 2.15 bits per heavy atom. The van der Waals surface area contributed by atoms with Crippen LogP contribution in [0.3, 0.4) is 0 Å². The number of rotatable bonds is 2. The molecule has 0 saturated heterocycles. The minimum absolute atomic E-state index is 0.701. The predicted molar refractivity (Wildman–Crippen MR) is 60.7 cm³/mol. The second kappa shape index (κ2) is 11.4. The lowest BCUT2D eigenvalue weighted by Gasteiger charge is -1.92.